The normalized spacial score (nSPS) is 41.9. The van der Waals surface area contributed by atoms with Crippen LogP contribution in [0, 0.1) is 0 Å². The summed E-state index contributed by atoms with van der Waals surface area (Å²) in [6.07, 6.45) is -5.42. The molecule has 2 rings (SSSR count). The number of hydrogen-bond donors (Lipinski definition) is 1. The van der Waals surface area contributed by atoms with Crippen LogP contribution in [-0.4, -0.2) is 123 Å². The van der Waals surface area contributed by atoms with E-state index >= 15 is 0 Å². The van der Waals surface area contributed by atoms with Crippen molar-refractivity contribution >= 4 is 0 Å². The molecule has 0 bridgehead atoms. The van der Waals surface area contributed by atoms with Crippen LogP contribution in [0.5, 0.6) is 0 Å². The fraction of sp³-hybridized carbons (Fsp3) is 1.00. The molecule has 1 N–H and O–H groups in total. The Morgan fingerprint density at radius 1 is 0.750 bits per heavy atom. The maximum absolute atomic E-state index is 10.5. The van der Waals surface area contributed by atoms with Gasteiger partial charge in [-0.2, -0.15) is 0 Å². The van der Waals surface area contributed by atoms with Crippen LogP contribution >= 0.6 is 0 Å². The highest BCUT2D eigenvalue weighted by molar-refractivity contribution is 4.95. The van der Waals surface area contributed by atoms with Gasteiger partial charge in [0.1, 0.15) is 48.8 Å². The molecule has 0 radical (unpaired) electrons. The van der Waals surface area contributed by atoms with E-state index in [2.05, 4.69) is 0 Å². The zero-order chi connectivity index (χ0) is 20.7. The van der Waals surface area contributed by atoms with Crippen molar-refractivity contribution in [2.75, 3.05) is 62.5 Å². The van der Waals surface area contributed by atoms with E-state index in [1.807, 2.05) is 0 Å². The Kier molecular flexibility index (Phi) is 9.98. The Balaban J connectivity index is 2.24. The van der Waals surface area contributed by atoms with Gasteiger partial charge in [0.15, 0.2) is 6.29 Å². The van der Waals surface area contributed by atoms with Gasteiger partial charge in [-0.1, -0.05) is 0 Å². The van der Waals surface area contributed by atoms with Gasteiger partial charge >= 0.3 is 0 Å². The largest absolute Gasteiger partial charge is 0.387 e. The highest BCUT2D eigenvalue weighted by Gasteiger charge is 2.50. The molecule has 9 atom stereocenters. The summed E-state index contributed by atoms with van der Waals surface area (Å²) >= 11 is 0. The first-order valence-corrected chi connectivity index (χ1v) is 9.25. The van der Waals surface area contributed by atoms with Crippen LogP contribution in [0.4, 0.5) is 0 Å². The van der Waals surface area contributed by atoms with E-state index in [9.17, 15) is 5.11 Å². The maximum atomic E-state index is 10.5. The van der Waals surface area contributed by atoms with Crippen LogP contribution in [0.2, 0.25) is 0 Å². The molecule has 2 fully saturated rings. The molecular weight excluding hydrogens is 376 g/mol. The summed E-state index contributed by atoms with van der Waals surface area (Å²) in [7, 11) is 9.32. The number of hydrogen-bond acceptors (Lipinski definition) is 10. The van der Waals surface area contributed by atoms with Crippen molar-refractivity contribution in [2.45, 2.75) is 55.1 Å². The van der Waals surface area contributed by atoms with E-state index in [4.69, 9.17) is 42.6 Å². The van der Waals surface area contributed by atoms with E-state index in [1.165, 1.54) is 21.3 Å². The Labute approximate surface area is 166 Å². The molecule has 2 aliphatic heterocycles. The second kappa shape index (κ2) is 11.7. The van der Waals surface area contributed by atoms with Gasteiger partial charge in [-0.3, -0.25) is 0 Å². The van der Waals surface area contributed by atoms with Gasteiger partial charge in [-0.05, 0) is 0 Å². The van der Waals surface area contributed by atoms with Crippen LogP contribution in [-0.2, 0) is 42.6 Å². The first-order chi connectivity index (χ1) is 13.6. The summed E-state index contributed by atoms with van der Waals surface area (Å²) < 4.78 is 50.7. The Bertz CT molecular complexity index is 439. The van der Waals surface area contributed by atoms with Gasteiger partial charge in [0.05, 0.1) is 19.8 Å². The van der Waals surface area contributed by atoms with Gasteiger partial charge in [-0.25, -0.2) is 0 Å². The first kappa shape index (κ1) is 23.9. The molecule has 0 spiro atoms. The molecule has 6 unspecified atom stereocenters. The van der Waals surface area contributed by atoms with Crippen molar-refractivity contribution in [3.05, 3.63) is 0 Å². The molecule has 2 saturated heterocycles. The number of aliphatic hydroxyl groups excluding tert-OH is 1. The lowest BCUT2D eigenvalue weighted by atomic mass is 9.97. The lowest BCUT2D eigenvalue weighted by Crippen LogP contribution is -2.64. The van der Waals surface area contributed by atoms with Crippen LogP contribution in [0.25, 0.3) is 0 Å². The smallest absolute Gasteiger partial charge is 0.187 e. The molecule has 0 aliphatic carbocycles. The topological polar surface area (TPSA) is 103 Å². The summed E-state index contributed by atoms with van der Waals surface area (Å²) in [6.45, 7) is 0.839. The summed E-state index contributed by atoms with van der Waals surface area (Å²) in [5.41, 5.74) is 0. The number of ether oxygens (including phenoxy) is 9. The molecule has 0 amide bonds. The van der Waals surface area contributed by atoms with Gasteiger partial charge < -0.3 is 47.7 Å². The van der Waals surface area contributed by atoms with E-state index in [0.717, 1.165) is 0 Å². The van der Waals surface area contributed by atoms with Crippen LogP contribution in [0.3, 0.4) is 0 Å². The Morgan fingerprint density at radius 2 is 1.36 bits per heavy atom. The number of methoxy groups -OCH3 is 6. The minimum atomic E-state index is -0.933. The van der Waals surface area contributed by atoms with Crippen LogP contribution in [0.15, 0.2) is 0 Å². The lowest BCUT2D eigenvalue weighted by molar-refractivity contribution is -0.344. The van der Waals surface area contributed by atoms with Crippen molar-refractivity contribution < 1.29 is 47.7 Å². The van der Waals surface area contributed by atoms with Gasteiger partial charge in [0, 0.05) is 42.7 Å². The third-order valence-corrected chi connectivity index (χ3v) is 5.22. The van der Waals surface area contributed by atoms with Gasteiger partial charge in [0.2, 0.25) is 0 Å². The molecule has 0 aromatic rings. The van der Waals surface area contributed by atoms with Gasteiger partial charge in [0.25, 0.3) is 0 Å². The highest BCUT2D eigenvalue weighted by atomic mass is 16.7. The standard InChI is InChI=1S/C18H34O10/c1-20-7-10-13(19)16(24-5)17(25-6)18(27-10)28-15-12(8-21-2)26-9-11(22-3)14(15)23-4/h10-19H,7-9H2,1-6H3/t10?,11?,12?,13-,14?,15-,16?,17?,18+/m1/s1. The second-order valence-electron chi connectivity index (χ2n) is 6.79. The fourth-order valence-electron chi connectivity index (χ4n) is 3.77. The summed E-state index contributed by atoms with van der Waals surface area (Å²) in [6, 6.07) is 0. The summed E-state index contributed by atoms with van der Waals surface area (Å²) in [5, 5.41) is 10.5. The molecular formula is C18H34O10. The predicted octanol–water partition coefficient (Wildman–Crippen LogP) is -0.791. The van der Waals surface area contributed by atoms with E-state index in [0.29, 0.717) is 13.2 Å². The van der Waals surface area contributed by atoms with Gasteiger partial charge in [-0.15, -0.1) is 0 Å². The Hall–Kier alpha value is -0.400. The molecule has 10 nitrogen and oxygen atoms in total. The highest BCUT2D eigenvalue weighted by Crippen LogP contribution is 2.31. The molecule has 0 aromatic carbocycles. The summed E-state index contributed by atoms with van der Waals surface area (Å²) in [4.78, 5) is 0. The average molecular weight is 410 g/mol. The van der Waals surface area contributed by atoms with Crippen molar-refractivity contribution in [2.24, 2.45) is 0 Å². The van der Waals surface area contributed by atoms with E-state index in [1.54, 1.807) is 21.3 Å². The van der Waals surface area contributed by atoms with Crippen LogP contribution < -0.4 is 0 Å². The Morgan fingerprint density at radius 3 is 1.89 bits per heavy atom. The van der Waals surface area contributed by atoms with Crippen LogP contribution in [0.1, 0.15) is 0 Å². The average Bonchev–Trinajstić information content (AvgIpc) is 2.70. The third-order valence-electron chi connectivity index (χ3n) is 5.22. The SMILES string of the molecule is COCC1O[C@@H](O[C@@H]2C(COC)OCC(OC)C2OC)C(OC)C(OC)[C@@H]1O. The zero-order valence-electron chi connectivity index (χ0n) is 17.4. The van der Waals surface area contributed by atoms with Crippen molar-refractivity contribution in [1.82, 2.24) is 0 Å². The third kappa shape index (κ3) is 5.20. The first-order valence-electron chi connectivity index (χ1n) is 9.25. The molecule has 0 saturated carbocycles. The minimum Gasteiger partial charge on any atom is -0.387 e. The zero-order valence-corrected chi connectivity index (χ0v) is 17.4. The quantitative estimate of drug-likeness (QED) is 0.493. The molecule has 28 heavy (non-hydrogen) atoms. The molecule has 10 heteroatoms. The molecule has 166 valence electrons. The molecule has 2 heterocycles. The lowest BCUT2D eigenvalue weighted by Gasteiger charge is -2.47. The minimum absolute atomic E-state index is 0.175. The van der Waals surface area contributed by atoms with E-state index in [-0.39, 0.29) is 12.7 Å². The summed E-state index contributed by atoms with van der Waals surface area (Å²) in [5.74, 6) is 0. The molecule has 0 aromatic heterocycles. The fourth-order valence-corrected chi connectivity index (χ4v) is 3.77. The van der Waals surface area contributed by atoms with Crippen molar-refractivity contribution in [1.29, 1.82) is 0 Å². The monoisotopic (exact) mass is 410 g/mol. The van der Waals surface area contributed by atoms with Crippen molar-refractivity contribution in [3.63, 3.8) is 0 Å². The second-order valence-corrected chi connectivity index (χ2v) is 6.79. The van der Waals surface area contributed by atoms with E-state index < -0.39 is 49.0 Å². The number of rotatable bonds is 10. The van der Waals surface area contributed by atoms with Crippen molar-refractivity contribution in [3.8, 4) is 0 Å². The predicted molar refractivity (Wildman–Crippen MR) is 96.2 cm³/mol. The maximum Gasteiger partial charge on any atom is 0.187 e. The molecule has 2 aliphatic rings. The number of aliphatic hydroxyl groups is 1.